The number of nitrogens with zero attached hydrogens (tertiary/aromatic N) is 2. The number of rotatable bonds is 6. The minimum atomic E-state index is -0.479. The Kier molecular flexibility index (Phi) is 6.92. The number of benzene rings is 2. The highest BCUT2D eigenvalue weighted by Crippen LogP contribution is 2.20. The Hall–Kier alpha value is -4.13. The second kappa shape index (κ2) is 10.2. The van der Waals surface area contributed by atoms with Crippen LogP contribution in [0.3, 0.4) is 0 Å². The number of carbonyl (C=O) groups excluding carboxylic acids is 3. The number of piperazine rings is 1. The second-order valence-corrected chi connectivity index (χ2v) is 8.21. The van der Waals surface area contributed by atoms with E-state index in [1.54, 1.807) is 36.1 Å². The fourth-order valence-corrected chi connectivity index (χ4v) is 3.86. The number of carbonyl (C=O) groups is 3. The van der Waals surface area contributed by atoms with E-state index in [0.29, 0.717) is 49.0 Å². The highest BCUT2D eigenvalue weighted by atomic mass is 16.3. The Morgan fingerprint density at radius 2 is 1.56 bits per heavy atom. The van der Waals surface area contributed by atoms with Crippen LogP contribution in [0.1, 0.15) is 28.8 Å². The Morgan fingerprint density at radius 3 is 2.15 bits per heavy atom. The van der Waals surface area contributed by atoms with Gasteiger partial charge in [-0.1, -0.05) is 18.2 Å². The average Bonchev–Trinajstić information content (AvgIpc) is 3.27. The van der Waals surface area contributed by atoms with Crippen molar-refractivity contribution in [1.29, 1.82) is 0 Å². The molecule has 0 aliphatic carbocycles. The van der Waals surface area contributed by atoms with E-state index in [9.17, 15) is 14.4 Å². The molecular weight excluding hydrogens is 430 g/mol. The van der Waals surface area contributed by atoms with E-state index >= 15 is 0 Å². The molecule has 2 amide bonds. The average molecular weight is 458 g/mol. The van der Waals surface area contributed by atoms with Gasteiger partial charge in [-0.3, -0.25) is 14.4 Å². The molecule has 0 atom stereocenters. The van der Waals surface area contributed by atoms with E-state index in [1.165, 1.54) is 6.08 Å². The maximum atomic E-state index is 13.4. The molecule has 0 bridgehead atoms. The van der Waals surface area contributed by atoms with Crippen molar-refractivity contribution >= 4 is 35.0 Å². The second-order valence-electron chi connectivity index (χ2n) is 8.21. The Balaban J connectivity index is 1.48. The van der Waals surface area contributed by atoms with E-state index < -0.39 is 5.91 Å². The maximum absolute atomic E-state index is 13.4. The van der Waals surface area contributed by atoms with Gasteiger partial charge in [-0.15, -0.1) is 0 Å². The van der Waals surface area contributed by atoms with Crippen molar-refractivity contribution in [2.45, 2.75) is 13.8 Å². The lowest BCUT2D eigenvalue weighted by molar-refractivity contribution is -0.129. The molecule has 1 fully saturated rings. The highest BCUT2D eigenvalue weighted by molar-refractivity contribution is 6.25. The predicted octanol–water partition coefficient (Wildman–Crippen LogP) is 4.16. The van der Waals surface area contributed by atoms with Crippen LogP contribution in [0.2, 0.25) is 0 Å². The zero-order valence-electron chi connectivity index (χ0n) is 19.3. The van der Waals surface area contributed by atoms with Crippen LogP contribution in [0, 0.1) is 6.92 Å². The van der Waals surface area contributed by atoms with Crippen molar-refractivity contribution in [3.8, 4) is 0 Å². The lowest BCUT2D eigenvalue weighted by Crippen LogP contribution is -2.50. The van der Waals surface area contributed by atoms with Gasteiger partial charge in [0.1, 0.15) is 17.1 Å². The van der Waals surface area contributed by atoms with Crippen molar-refractivity contribution in [1.82, 2.24) is 4.90 Å². The molecule has 3 aromatic rings. The quantitative estimate of drug-likeness (QED) is 0.260. The normalized spacial score (nSPS) is 14.1. The van der Waals surface area contributed by atoms with Crippen molar-refractivity contribution in [3.05, 3.63) is 89.4 Å². The largest absolute Gasteiger partial charge is 0.462 e. The molecule has 0 spiro atoms. The van der Waals surface area contributed by atoms with Crippen LogP contribution in [-0.2, 0) is 9.59 Å². The van der Waals surface area contributed by atoms with E-state index in [2.05, 4.69) is 10.2 Å². The first-order valence-electron chi connectivity index (χ1n) is 11.2. The van der Waals surface area contributed by atoms with Gasteiger partial charge in [-0.05, 0) is 68.5 Å². The van der Waals surface area contributed by atoms with Crippen molar-refractivity contribution < 1.29 is 18.8 Å². The molecule has 1 aliphatic heterocycles. The summed E-state index contributed by atoms with van der Waals surface area (Å²) < 4.78 is 5.59. The number of aryl methyl sites for hydroxylation is 1. The predicted molar refractivity (Wildman–Crippen MR) is 132 cm³/mol. The molecule has 2 aromatic carbocycles. The minimum Gasteiger partial charge on any atom is -0.462 e. The zero-order valence-corrected chi connectivity index (χ0v) is 19.3. The molecule has 0 unspecified atom stereocenters. The van der Waals surface area contributed by atoms with Gasteiger partial charge in [0.05, 0.1) is 0 Å². The van der Waals surface area contributed by atoms with Crippen molar-refractivity contribution in [3.63, 3.8) is 0 Å². The van der Waals surface area contributed by atoms with Gasteiger partial charge in [0.25, 0.3) is 11.8 Å². The lowest BCUT2D eigenvalue weighted by atomic mass is 10.1. The van der Waals surface area contributed by atoms with E-state index in [-0.39, 0.29) is 17.3 Å². The number of hydrogen-bond donors (Lipinski definition) is 1. The monoisotopic (exact) mass is 457 g/mol. The number of ketones is 1. The summed E-state index contributed by atoms with van der Waals surface area (Å²) in [6, 6.07) is 20.0. The van der Waals surface area contributed by atoms with Gasteiger partial charge in [0.15, 0.2) is 5.78 Å². The summed E-state index contributed by atoms with van der Waals surface area (Å²) in [5.41, 5.74) is 2.31. The Bertz CT molecular complexity index is 1200. The summed E-state index contributed by atoms with van der Waals surface area (Å²) in [4.78, 5) is 41.8. The van der Waals surface area contributed by atoms with Crippen LogP contribution >= 0.6 is 0 Å². The van der Waals surface area contributed by atoms with E-state index in [4.69, 9.17) is 4.42 Å². The molecule has 1 aromatic heterocycles. The lowest BCUT2D eigenvalue weighted by Gasteiger charge is -2.36. The number of para-hydroxylation sites is 1. The number of anilines is 2. The third kappa shape index (κ3) is 5.43. The molecule has 174 valence electrons. The topological polar surface area (TPSA) is 82.9 Å². The SMILES string of the molecule is CC(=O)c1ccc(N2CCN(C(=O)C(=Cc3ccc(C)o3)C(=O)Nc3ccccc3)CC2)cc1. The summed E-state index contributed by atoms with van der Waals surface area (Å²) in [5, 5.41) is 2.80. The molecule has 1 N–H and O–H groups in total. The Labute approximate surface area is 198 Å². The number of amides is 2. The number of furan rings is 1. The standard InChI is InChI=1S/C27H27N3O4/c1-19-8-13-24(34-19)18-25(26(32)28-22-6-4-3-5-7-22)27(33)30-16-14-29(15-17-30)23-11-9-21(10-12-23)20(2)31/h3-13,18H,14-17H2,1-2H3,(H,28,32). The minimum absolute atomic E-state index is 0.0254. The first kappa shape index (κ1) is 23.0. The number of nitrogens with one attached hydrogen (secondary N) is 1. The molecule has 0 radical (unpaired) electrons. The number of Topliss-reactive ketones (excluding diaryl/α,β-unsaturated/α-hetero) is 1. The summed E-state index contributed by atoms with van der Waals surface area (Å²) >= 11 is 0. The van der Waals surface area contributed by atoms with Gasteiger partial charge >= 0.3 is 0 Å². The molecule has 7 nitrogen and oxygen atoms in total. The van der Waals surface area contributed by atoms with Gasteiger partial charge in [0.2, 0.25) is 0 Å². The van der Waals surface area contributed by atoms with Gasteiger partial charge < -0.3 is 19.5 Å². The van der Waals surface area contributed by atoms with Crippen LogP contribution in [0.15, 0.2) is 76.7 Å². The molecule has 0 saturated carbocycles. The highest BCUT2D eigenvalue weighted by Gasteiger charge is 2.28. The molecule has 7 heteroatoms. The number of hydrogen-bond acceptors (Lipinski definition) is 5. The van der Waals surface area contributed by atoms with Gasteiger partial charge in [0, 0.05) is 43.1 Å². The van der Waals surface area contributed by atoms with Crippen LogP contribution in [0.5, 0.6) is 0 Å². The van der Waals surface area contributed by atoms with Crippen LogP contribution < -0.4 is 10.2 Å². The fraction of sp³-hybridized carbons (Fsp3) is 0.222. The molecule has 4 rings (SSSR count). The third-order valence-corrected chi connectivity index (χ3v) is 5.76. The van der Waals surface area contributed by atoms with Crippen LogP contribution in [0.25, 0.3) is 6.08 Å². The van der Waals surface area contributed by atoms with Gasteiger partial charge in [-0.2, -0.15) is 0 Å². The molecular formula is C27H27N3O4. The summed E-state index contributed by atoms with van der Waals surface area (Å²) in [5.74, 6) is 0.363. The Morgan fingerprint density at radius 1 is 0.882 bits per heavy atom. The van der Waals surface area contributed by atoms with Crippen LogP contribution in [-0.4, -0.2) is 48.7 Å². The smallest absolute Gasteiger partial charge is 0.261 e. The van der Waals surface area contributed by atoms with Crippen LogP contribution in [0.4, 0.5) is 11.4 Å². The summed E-state index contributed by atoms with van der Waals surface area (Å²) in [6.07, 6.45) is 1.50. The molecule has 1 saturated heterocycles. The van der Waals surface area contributed by atoms with Crippen molar-refractivity contribution in [2.75, 3.05) is 36.4 Å². The zero-order chi connectivity index (χ0) is 24.1. The van der Waals surface area contributed by atoms with Crippen molar-refractivity contribution in [2.24, 2.45) is 0 Å². The maximum Gasteiger partial charge on any atom is 0.261 e. The van der Waals surface area contributed by atoms with E-state index in [1.807, 2.05) is 49.4 Å². The summed E-state index contributed by atoms with van der Waals surface area (Å²) in [6.45, 7) is 5.55. The molecule has 34 heavy (non-hydrogen) atoms. The summed E-state index contributed by atoms with van der Waals surface area (Å²) in [7, 11) is 0. The van der Waals surface area contributed by atoms with E-state index in [0.717, 1.165) is 5.69 Å². The molecule has 1 aliphatic rings. The fourth-order valence-electron chi connectivity index (χ4n) is 3.86. The third-order valence-electron chi connectivity index (χ3n) is 5.76. The molecule has 2 heterocycles. The first-order valence-corrected chi connectivity index (χ1v) is 11.2. The van der Waals surface area contributed by atoms with Gasteiger partial charge in [-0.25, -0.2) is 0 Å². The first-order chi connectivity index (χ1) is 16.4.